The Bertz CT molecular complexity index is 479. The number of nitriles is 1. The lowest BCUT2D eigenvalue weighted by atomic mass is 9.84. The highest BCUT2D eigenvalue weighted by Gasteiger charge is 2.37. The smallest absolute Gasteiger partial charge is 0.187 e. The third kappa shape index (κ3) is 1.56. The van der Waals surface area contributed by atoms with Crippen LogP contribution in [0.1, 0.15) is 19.3 Å². The molecule has 2 atom stereocenters. The second kappa shape index (κ2) is 3.96. The SMILES string of the molecule is COC1=CC2=CCCC3CC(C#N)C(=C23)CN1. The van der Waals surface area contributed by atoms with Gasteiger partial charge in [0.1, 0.15) is 0 Å². The number of nitrogens with one attached hydrogen (secondary N) is 1. The Morgan fingerprint density at radius 3 is 3.18 bits per heavy atom. The molecule has 0 saturated heterocycles. The number of methoxy groups -OCH3 is 1. The van der Waals surface area contributed by atoms with Crippen LogP contribution in [0.5, 0.6) is 0 Å². The molecule has 1 aliphatic heterocycles. The minimum absolute atomic E-state index is 0.0913. The van der Waals surface area contributed by atoms with Gasteiger partial charge in [-0.15, -0.1) is 0 Å². The van der Waals surface area contributed by atoms with Crippen LogP contribution in [0.3, 0.4) is 0 Å². The Hall–Kier alpha value is -1.69. The van der Waals surface area contributed by atoms with E-state index < -0.39 is 0 Å². The first-order valence-electron chi connectivity index (χ1n) is 6.16. The molecule has 0 saturated carbocycles. The van der Waals surface area contributed by atoms with E-state index in [0.29, 0.717) is 5.92 Å². The first-order chi connectivity index (χ1) is 8.33. The van der Waals surface area contributed by atoms with Gasteiger partial charge in [0.25, 0.3) is 0 Å². The van der Waals surface area contributed by atoms with Gasteiger partial charge in [0.2, 0.25) is 0 Å². The summed E-state index contributed by atoms with van der Waals surface area (Å²) < 4.78 is 5.30. The molecular formula is C14H16N2O. The summed E-state index contributed by atoms with van der Waals surface area (Å²) >= 11 is 0. The summed E-state index contributed by atoms with van der Waals surface area (Å²) in [7, 11) is 1.68. The fourth-order valence-electron chi connectivity index (χ4n) is 3.22. The summed E-state index contributed by atoms with van der Waals surface area (Å²) in [6, 6.07) is 2.45. The Morgan fingerprint density at radius 2 is 2.41 bits per heavy atom. The predicted octanol–water partition coefficient (Wildman–Crippen LogP) is 2.25. The molecule has 3 aliphatic rings. The summed E-state index contributed by atoms with van der Waals surface area (Å²) in [4.78, 5) is 0. The fraction of sp³-hybridized carbons (Fsp3) is 0.500. The van der Waals surface area contributed by atoms with E-state index in [1.807, 2.05) is 0 Å². The second-order valence-corrected chi connectivity index (χ2v) is 4.86. The highest BCUT2D eigenvalue weighted by molar-refractivity contribution is 5.52. The largest absolute Gasteiger partial charge is 0.482 e. The third-order valence-corrected chi connectivity index (χ3v) is 4.00. The summed E-state index contributed by atoms with van der Waals surface area (Å²) in [5.74, 6) is 1.49. The van der Waals surface area contributed by atoms with E-state index in [9.17, 15) is 5.26 Å². The third-order valence-electron chi connectivity index (χ3n) is 4.00. The first-order valence-corrected chi connectivity index (χ1v) is 6.16. The summed E-state index contributed by atoms with van der Waals surface area (Å²) in [6.07, 6.45) is 7.67. The van der Waals surface area contributed by atoms with Crippen LogP contribution in [-0.4, -0.2) is 13.7 Å². The van der Waals surface area contributed by atoms with Gasteiger partial charge in [0.15, 0.2) is 5.88 Å². The van der Waals surface area contributed by atoms with Crippen LogP contribution in [0, 0.1) is 23.2 Å². The van der Waals surface area contributed by atoms with Crippen molar-refractivity contribution in [3.05, 3.63) is 34.8 Å². The van der Waals surface area contributed by atoms with Gasteiger partial charge < -0.3 is 10.1 Å². The van der Waals surface area contributed by atoms with Gasteiger partial charge in [0, 0.05) is 12.6 Å². The minimum Gasteiger partial charge on any atom is -0.482 e. The highest BCUT2D eigenvalue weighted by Crippen LogP contribution is 2.46. The van der Waals surface area contributed by atoms with E-state index in [1.54, 1.807) is 7.11 Å². The van der Waals surface area contributed by atoms with E-state index in [-0.39, 0.29) is 5.92 Å². The lowest BCUT2D eigenvalue weighted by Crippen LogP contribution is -2.18. The Balaban J connectivity index is 2.06. The van der Waals surface area contributed by atoms with Crippen LogP contribution in [0.25, 0.3) is 0 Å². The molecule has 0 aromatic rings. The molecule has 3 nitrogen and oxygen atoms in total. The summed E-state index contributed by atoms with van der Waals surface area (Å²) in [5.41, 5.74) is 3.98. The van der Waals surface area contributed by atoms with Crippen LogP contribution >= 0.6 is 0 Å². The molecule has 1 N–H and O–H groups in total. The average Bonchev–Trinajstić information content (AvgIpc) is 2.61. The van der Waals surface area contributed by atoms with Gasteiger partial charge in [-0.1, -0.05) is 6.08 Å². The molecule has 2 unspecified atom stereocenters. The molecule has 1 heterocycles. The van der Waals surface area contributed by atoms with Gasteiger partial charge in [-0.25, -0.2) is 0 Å². The van der Waals surface area contributed by atoms with Gasteiger partial charge >= 0.3 is 0 Å². The molecule has 0 fully saturated rings. The maximum atomic E-state index is 9.26. The van der Waals surface area contributed by atoms with Crippen molar-refractivity contribution in [1.82, 2.24) is 5.32 Å². The van der Waals surface area contributed by atoms with E-state index in [2.05, 4.69) is 23.5 Å². The van der Waals surface area contributed by atoms with Crippen LogP contribution in [-0.2, 0) is 4.74 Å². The average molecular weight is 228 g/mol. The lowest BCUT2D eigenvalue weighted by Gasteiger charge is -2.20. The second-order valence-electron chi connectivity index (χ2n) is 4.86. The van der Waals surface area contributed by atoms with Crippen molar-refractivity contribution in [3.8, 4) is 6.07 Å². The topological polar surface area (TPSA) is 45.0 Å². The fourth-order valence-corrected chi connectivity index (χ4v) is 3.22. The quantitative estimate of drug-likeness (QED) is 0.748. The molecule has 0 spiro atoms. The molecule has 0 bridgehead atoms. The number of allylic oxidation sites excluding steroid dienone is 4. The van der Waals surface area contributed by atoms with Crippen molar-refractivity contribution in [2.75, 3.05) is 13.7 Å². The van der Waals surface area contributed by atoms with Crippen molar-refractivity contribution in [2.24, 2.45) is 11.8 Å². The first kappa shape index (κ1) is 10.5. The van der Waals surface area contributed by atoms with Gasteiger partial charge in [-0.3, -0.25) is 0 Å². The van der Waals surface area contributed by atoms with Gasteiger partial charge in [-0.2, -0.15) is 5.26 Å². The number of hydrogen-bond donors (Lipinski definition) is 1. The van der Waals surface area contributed by atoms with Crippen LogP contribution < -0.4 is 5.32 Å². The molecule has 0 radical (unpaired) electrons. The van der Waals surface area contributed by atoms with Crippen molar-refractivity contribution >= 4 is 0 Å². The molecule has 0 aromatic heterocycles. The van der Waals surface area contributed by atoms with E-state index in [4.69, 9.17) is 4.74 Å². The maximum Gasteiger partial charge on any atom is 0.187 e. The van der Waals surface area contributed by atoms with E-state index in [1.165, 1.54) is 23.1 Å². The molecule has 17 heavy (non-hydrogen) atoms. The summed E-state index contributed by atoms with van der Waals surface area (Å²) in [6.45, 7) is 0.751. The number of ether oxygens (including phenoxy) is 1. The van der Waals surface area contributed by atoms with E-state index in [0.717, 1.165) is 25.3 Å². The Kier molecular flexibility index (Phi) is 2.44. The normalized spacial score (nSPS) is 30.6. The number of hydrogen-bond acceptors (Lipinski definition) is 3. The number of rotatable bonds is 1. The zero-order valence-electron chi connectivity index (χ0n) is 9.99. The molecule has 0 amide bonds. The molecule has 3 rings (SSSR count). The van der Waals surface area contributed by atoms with E-state index >= 15 is 0 Å². The van der Waals surface area contributed by atoms with Gasteiger partial charge in [0.05, 0.1) is 19.1 Å². The Morgan fingerprint density at radius 1 is 1.53 bits per heavy atom. The molecule has 88 valence electrons. The zero-order valence-corrected chi connectivity index (χ0v) is 9.99. The molecule has 3 heteroatoms. The van der Waals surface area contributed by atoms with Crippen molar-refractivity contribution in [2.45, 2.75) is 19.3 Å². The van der Waals surface area contributed by atoms with Crippen LogP contribution in [0.2, 0.25) is 0 Å². The van der Waals surface area contributed by atoms with Gasteiger partial charge in [-0.05, 0) is 41.9 Å². The zero-order chi connectivity index (χ0) is 11.8. The molecule has 0 aromatic carbocycles. The highest BCUT2D eigenvalue weighted by atomic mass is 16.5. The lowest BCUT2D eigenvalue weighted by molar-refractivity contribution is 0.264. The predicted molar refractivity (Wildman–Crippen MR) is 64.6 cm³/mol. The monoisotopic (exact) mass is 228 g/mol. The van der Waals surface area contributed by atoms with Crippen molar-refractivity contribution in [3.63, 3.8) is 0 Å². The Labute approximate surface area is 101 Å². The number of nitrogens with zero attached hydrogens (tertiary/aromatic N) is 1. The van der Waals surface area contributed by atoms with Crippen molar-refractivity contribution < 1.29 is 4.74 Å². The maximum absolute atomic E-state index is 9.26. The van der Waals surface area contributed by atoms with Crippen LogP contribution in [0.15, 0.2) is 34.8 Å². The van der Waals surface area contributed by atoms with Crippen LogP contribution in [0.4, 0.5) is 0 Å². The van der Waals surface area contributed by atoms with Crippen molar-refractivity contribution in [1.29, 1.82) is 5.26 Å². The molecular weight excluding hydrogens is 212 g/mol. The standard InChI is InChI=1S/C14H16N2O/c1-17-13-6-10-4-2-3-9-5-11(7-15)12(8-16-13)14(9)10/h4,6,9,11,16H,2-3,5,8H2,1H3. The molecule has 2 aliphatic carbocycles. The summed E-state index contributed by atoms with van der Waals surface area (Å²) in [5, 5.41) is 12.5. The minimum atomic E-state index is 0.0913.